The van der Waals surface area contributed by atoms with E-state index in [9.17, 15) is 4.79 Å². The van der Waals surface area contributed by atoms with Gasteiger partial charge in [0.05, 0.1) is 13.2 Å². The summed E-state index contributed by atoms with van der Waals surface area (Å²) in [5.74, 6) is -0.401. The standard InChI is InChI=1S/C12H16N2O2/c1-12(7-16-8-12)6-14-10-4-2-3-9(5-10)11(13)15/h2-5,14H,6-8H2,1H3,(H2,13,15). The van der Waals surface area contributed by atoms with Gasteiger partial charge in [0, 0.05) is 23.2 Å². The molecule has 1 heterocycles. The predicted octanol–water partition coefficient (Wildman–Crippen LogP) is 1.23. The normalized spacial score (nSPS) is 17.6. The van der Waals surface area contributed by atoms with Gasteiger partial charge in [-0.05, 0) is 18.2 Å². The van der Waals surface area contributed by atoms with Gasteiger partial charge in [-0.25, -0.2) is 0 Å². The summed E-state index contributed by atoms with van der Waals surface area (Å²) in [5.41, 5.74) is 6.87. The van der Waals surface area contributed by atoms with Gasteiger partial charge in [0.2, 0.25) is 5.91 Å². The smallest absolute Gasteiger partial charge is 0.248 e. The highest BCUT2D eigenvalue weighted by Gasteiger charge is 2.32. The van der Waals surface area contributed by atoms with Crippen molar-refractivity contribution in [1.82, 2.24) is 0 Å². The van der Waals surface area contributed by atoms with Crippen molar-refractivity contribution in [2.24, 2.45) is 11.1 Å². The van der Waals surface area contributed by atoms with Gasteiger partial charge < -0.3 is 15.8 Å². The number of amides is 1. The van der Waals surface area contributed by atoms with Gasteiger partial charge in [-0.15, -0.1) is 0 Å². The van der Waals surface area contributed by atoms with E-state index in [4.69, 9.17) is 10.5 Å². The first kappa shape index (κ1) is 11.0. The average molecular weight is 220 g/mol. The van der Waals surface area contributed by atoms with Crippen LogP contribution in [0.25, 0.3) is 0 Å². The molecule has 0 spiro atoms. The van der Waals surface area contributed by atoms with Crippen LogP contribution in [-0.2, 0) is 4.74 Å². The average Bonchev–Trinajstić information content (AvgIpc) is 2.24. The summed E-state index contributed by atoms with van der Waals surface area (Å²) < 4.78 is 5.17. The number of hydrogen-bond donors (Lipinski definition) is 2. The zero-order chi connectivity index (χ0) is 11.6. The Labute approximate surface area is 94.8 Å². The number of nitrogens with one attached hydrogen (secondary N) is 1. The molecule has 16 heavy (non-hydrogen) atoms. The molecule has 1 aromatic carbocycles. The molecule has 0 aromatic heterocycles. The van der Waals surface area contributed by atoms with Crippen molar-refractivity contribution in [2.75, 3.05) is 25.1 Å². The molecule has 2 rings (SSSR count). The number of carbonyl (C=O) groups is 1. The quantitative estimate of drug-likeness (QED) is 0.802. The Morgan fingerprint density at radius 1 is 1.56 bits per heavy atom. The van der Waals surface area contributed by atoms with Gasteiger partial charge in [-0.2, -0.15) is 0 Å². The maximum absolute atomic E-state index is 11.0. The van der Waals surface area contributed by atoms with Gasteiger partial charge in [0.15, 0.2) is 0 Å². The number of primary amides is 1. The lowest BCUT2D eigenvalue weighted by Crippen LogP contribution is -2.45. The highest BCUT2D eigenvalue weighted by molar-refractivity contribution is 5.93. The molecule has 1 aromatic rings. The van der Waals surface area contributed by atoms with Crippen LogP contribution in [0.1, 0.15) is 17.3 Å². The molecule has 4 heteroatoms. The van der Waals surface area contributed by atoms with Crippen molar-refractivity contribution < 1.29 is 9.53 Å². The lowest BCUT2D eigenvalue weighted by molar-refractivity contribution is -0.0924. The van der Waals surface area contributed by atoms with Crippen molar-refractivity contribution in [3.05, 3.63) is 29.8 Å². The fourth-order valence-electron chi connectivity index (χ4n) is 1.65. The predicted molar refractivity (Wildman–Crippen MR) is 62.4 cm³/mol. The van der Waals surface area contributed by atoms with Crippen LogP contribution in [0.4, 0.5) is 5.69 Å². The minimum absolute atomic E-state index is 0.211. The maximum Gasteiger partial charge on any atom is 0.248 e. The third kappa shape index (κ3) is 2.33. The number of benzene rings is 1. The largest absolute Gasteiger partial charge is 0.384 e. The van der Waals surface area contributed by atoms with Gasteiger partial charge in [0.1, 0.15) is 0 Å². The van der Waals surface area contributed by atoms with E-state index >= 15 is 0 Å². The van der Waals surface area contributed by atoms with E-state index in [1.807, 2.05) is 12.1 Å². The molecule has 0 saturated carbocycles. The van der Waals surface area contributed by atoms with Crippen molar-refractivity contribution >= 4 is 11.6 Å². The minimum Gasteiger partial charge on any atom is -0.384 e. The monoisotopic (exact) mass is 220 g/mol. The van der Waals surface area contributed by atoms with Crippen LogP contribution < -0.4 is 11.1 Å². The molecule has 1 amide bonds. The second-order valence-corrected chi connectivity index (χ2v) is 4.60. The first-order chi connectivity index (χ1) is 7.59. The maximum atomic E-state index is 11.0. The lowest BCUT2D eigenvalue weighted by Gasteiger charge is -2.38. The van der Waals surface area contributed by atoms with Gasteiger partial charge in [-0.3, -0.25) is 4.79 Å². The molecule has 0 aliphatic carbocycles. The number of ether oxygens (including phenoxy) is 1. The summed E-state index contributed by atoms with van der Waals surface area (Å²) in [7, 11) is 0. The molecule has 1 aliphatic heterocycles. The van der Waals surface area contributed by atoms with E-state index in [1.165, 1.54) is 0 Å². The fraction of sp³-hybridized carbons (Fsp3) is 0.417. The van der Waals surface area contributed by atoms with Crippen LogP contribution in [0.3, 0.4) is 0 Å². The molecule has 0 unspecified atom stereocenters. The lowest BCUT2D eigenvalue weighted by atomic mass is 9.88. The third-order valence-electron chi connectivity index (χ3n) is 2.77. The number of anilines is 1. The van der Waals surface area contributed by atoms with Crippen molar-refractivity contribution in [3.8, 4) is 0 Å². The first-order valence-corrected chi connectivity index (χ1v) is 5.31. The summed E-state index contributed by atoms with van der Waals surface area (Å²) >= 11 is 0. The van der Waals surface area contributed by atoms with E-state index in [-0.39, 0.29) is 5.41 Å². The Kier molecular flexibility index (Phi) is 2.83. The molecule has 0 bridgehead atoms. The van der Waals surface area contributed by atoms with Gasteiger partial charge in [-0.1, -0.05) is 13.0 Å². The summed E-state index contributed by atoms with van der Waals surface area (Å²) in [6.45, 7) is 4.58. The highest BCUT2D eigenvalue weighted by atomic mass is 16.5. The van der Waals surface area contributed by atoms with Crippen molar-refractivity contribution in [3.63, 3.8) is 0 Å². The Hall–Kier alpha value is -1.55. The van der Waals surface area contributed by atoms with Gasteiger partial charge >= 0.3 is 0 Å². The minimum atomic E-state index is -0.401. The summed E-state index contributed by atoms with van der Waals surface area (Å²) in [4.78, 5) is 11.0. The summed E-state index contributed by atoms with van der Waals surface area (Å²) in [6, 6.07) is 7.23. The molecule has 1 saturated heterocycles. The third-order valence-corrected chi connectivity index (χ3v) is 2.77. The van der Waals surface area contributed by atoms with E-state index < -0.39 is 5.91 Å². The van der Waals surface area contributed by atoms with Crippen molar-refractivity contribution in [2.45, 2.75) is 6.92 Å². The Bertz CT molecular complexity index is 400. The van der Waals surface area contributed by atoms with E-state index in [2.05, 4.69) is 12.2 Å². The summed E-state index contributed by atoms with van der Waals surface area (Å²) in [5, 5.41) is 3.29. The fourth-order valence-corrected chi connectivity index (χ4v) is 1.65. The number of nitrogens with two attached hydrogens (primary N) is 1. The first-order valence-electron chi connectivity index (χ1n) is 5.31. The van der Waals surface area contributed by atoms with Crippen LogP contribution in [0, 0.1) is 5.41 Å². The Morgan fingerprint density at radius 2 is 2.31 bits per heavy atom. The van der Waals surface area contributed by atoms with E-state index in [0.29, 0.717) is 5.56 Å². The van der Waals surface area contributed by atoms with Crippen molar-refractivity contribution in [1.29, 1.82) is 0 Å². The number of hydrogen-bond acceptors (Lipinski definition) is 3. The topological polar surface area (TPSA) is 64.3 Å². The zero-order valence-electron chi connectivity index (χ0n) is 9.32. The Morgan fingerprint density at radius 3 is 2.88 bits per heavy atom. The van der Waals surface area contributed by atoms with Crippen LogP contribution >= 0.6 is 0 Å². The van der Waals surface area contributed by atoms with E-state index in [0.717, 1.165) is 25.4 Å². The molecule has 86 valence electrons. The molecule has 1 aliphatic rings. The van der Waals surface area contributed by atoms with Gasteiger partial charge in [0.25, 0.3) is 0 Å². The summed E-state index contributed by atoms with van der Waals surface area (Å²) in [6.07, 6.45) is 0. The second-order valence-electron chi connectivity index (χ2n) is 4.60. The van der Waals surface area contributed by atoms with Crippen LogP contribution in [0.5, 0.6) is 0 Å². The highest BCUT2D eigenvalue weighted by Crippen LogP contribution is 2.26. The number of rotatable bonds is 4. The van der Waals surface area contributed by atoms with Crippen LogP contribution in [0.15, 0.2) is 24.3 Å². The van der Waals surface area contributed by atoms with Crippen LogP contribution in [0.2, 0.25) is 0 Å². The second kappa shape index (κ2) is 4.14. The van der Waals surface area contributed by atoms with E-state index in [1.54, 1.807) is 12.1 Å². The SMILES string of the molecule is CC1(CNc2cccc(C(N)=O)c2)COC1. The zero-order valence-corrected chi connectivity index (χ0v) is 9.32. The molecule has 0 radical (unpaired) electrons. The molecular formula is C12H16N2O2. The molecule has 0 atom stereocenters. The van der Waals surface area contributed by atoms with Crippen LogP contribution in [-0.4, -0.2) is 25.7 Å². The Balaban J connectivity index is 1.98. The number of carbonyl (C=O) groups excluding carboxylic acids is 1. The molecular weight excluding hydrogens is 204 g/mol. The molecule has 4 nitrogen and oxygen atoms in total. The molecule has 3 N–H and O–H groups in total. The molecule has 1 fully saturated rings.